The summed E-state index contributed by atoms with van der Waals surface area (Å²) < 4.78 is 15.2. The van der Waals surface area contributed by atoms with Crippen LogP contribution in [0.5, 0.6) is 0 Å². The van der Waals surface area contributed by atoms with E-state index in [9.17, 15) is 4.39 Å². The highest BCUT2D eigenvalue weighted by molar-refractivity contribution is 9.10. The highest BCUT2D eigenvalue weighted by atomic mass is 79.9. The van der Waals surface area contributed by atoms with Crippen LogP contribution in [0.25, 0.3) is 0 Å². The largest absolute Gasteiger partial charge is 0.273 e. The molecule has 0 saturated carbocycles. The van der Waals surface area contributed by atoms with Crippen LogP contribution >= 0.6 is 15.9 Å². The van der Waals surface area contributed by atoms with Gasteiger partial charge in [-0.1, -0.05) is 101 Å². The normalized spacial score (nSPS) is 27.6. The summed E-state index contributed by atoms with van der Waals surface area (Å²) >= 11 is 3.54. The Kier molecular flexibility index (Phi) is 5.27. The first kappa shape index (κ1) is 25.9. The Morgan fingerprint density at radius 2 is 1.20 bits per heavy atom. The number of hydroxylamine groups is 1. The zero-order valence-electron chi connectivity index (χ0n) is 23.2. The molecule has 0 aromatic heterocycles. The fourth-order valence-corrected chi connectivity index (χ4v) is 8.91. The summed E-state index contributed by atoms with van der Waals surface area (Å²) in [5, 5.41) is 1.75. The van der Waals surface area contributed by atoms with Gasteiger partial charge in [-0.05, 0) is 70.3 Å². The molecule has 214 valence electrons. The van der Waals surface area contributed by atoms with E-state index in [0.29, 0.717) is 16.9 Å². The molecule has 3 aliphatic carbocycles. The van der Waals surface area contributed by atoms with Crippen LogP contribution in [-0.4, -0.2) is 17.4 Å². The fraction of sp³-hybridized carbons (Fsp3) is 0.135. The molecular weight excluding hydrogens is 619 g/mol. The van der Waals surface area contributed by atoms with Crippen molar-refractivity contribution in [3.8, 4) is 0 Å². The highest BCUT2D eigenvalue weighted by Crippen LogP contribution is 2.77. The van der Waals surface area contributed by atoms with E-state index in [2.05, 4.69) is 40.2 Å². The van der Waals surface area contributed by atoms with E-state index in [1.165, 1.54) is 17.0 Å². The Labute approximate surface area is 261 Å². The number of hydrogen-bond acceptors (Lipinski definition) is 4. The van der Waals surface area contributed by atoms with Gasteiger partial charge >= 0.3 is 0 Å². The molecule has 2 fully saturated rings. The fourth-order valence-electron chi connectivity index (χ4n) is 8.52. The van der Waals surface area contributed by atoms with E-state index in [-0.39, 0.29) is 11.7 Å². The van der Waals surface area contributed by atoms with Gasteiger partial charge < -0.3 is 0 Å². The van der Waals surface area contributed by atoms with Crippen LogP contribution in [0.1, 0.15) is 45.7 Å². The minimum absolute atomic E-state index is 0.327. The molecule has 5 aromatic carbocycles. The summed E-state index contributed by atoms with van der Waals surface area (Å²) in [6.07, 6.45) is 0. The standard InChI is InChI=1S/C37H24BrFN2O3/c38-23-9-8-12-26(21-23)40-34(42)36-31-27-13-4-6-15-29(27)32(30-16-7-5-14-28(30)31)37(36,35(40)43)44-41(25-10-2-1-3-11-25)33(36)22-17-19-24(39)20-18-22/h1-21,31-33H. The molecular formula is C37H24BrFN2O3. The van der Waals surface area contributed by atoms with Gasteiger partial charge in [-0.2, -0.15) is 0 Å². The second-order valence-corrected chi connectivity index (χ2v) is 12.8. The van der Waals surface area contributed by atoms with Gasteiger partial charge in [0.15, 0.2) is 0 Å². The predicted molar refractivity (Wildman–Crippen MR) is 168 cm³/mol. The SMILES string of the molecule is O=C1N(c2cccc(Br)c2)C(=O)C23C4c5ccccc5C(c5ccccc54)C12ON(c1ccccc1)C3c1ccc(F)cc1. The van der Waals surface area contributed by atoms with Gasteiger partial charge in [0.05, 0.1) is 17.3 Å². The third-order valence-corrected chi connectivity index (χ3v) is 10.5. The lowest BCUT2D eigenvalue weighted by atomic mass is 9.43. The maximum Gasteiger partial charge on any atom is 0.271 e. The minimum atomic E-state index is -1.62. The van der Waals surface area contributed by atoms with E-state index in [1.807, 2.05) is 66.7 Å². The van der Waals surface area contributed by atoms with Crippen molar-refractivity contribution >= 4 is 39.1 Å². The van der Waals surface area contributed by atoms with Crippen LogP contribution < -0.4 is 9.96 Å². The molecule has 5 nitrogen and oxygen atoms in total. The third kappa shape index (κ3) is 2.96. The molecule has 7 heteroatoms. The topological polar surface area (TPSA) is 49.9 Å². The molecule has 5 aromatic rings. The van der Waals surface area contributed by atoms with Crippen LogP contribution in [0.3, 0.4) is 0 Å². The first-order chi connectivity index (χ1) is 21.5. The van der Waals surface area contributed by atoms with E-state index in [0.717, 1.165) is 26.7 Å². The van der Waals surface area contributed by atoms with E-state index in [4.69, 9.17) is 4.84 Å². The van der Waals surface area contributed by atoms with Crippen molar-refractivity contribution in [2.24, 2.45) is 5.41 Å². The molecule has 3 unspecified atom stereocenters. The van der Waals surface area contributed by atoms with Gasteiger partial charge in [0.25, 0.3) is 5.91 Å². The predicted octanol–water partition coefficient (Wildman–Crippen LogP) is 7.67. The number of carbonyl (C=O) groups excluding carboxylic acids is 2. The van der Waals surface area contributed by atoms with Gasteiger partial charge in [-0.15, -0.1) is 0 Å². The van der Waals surface area contributed by atoms with Crippen molar-refractivity contribution in [1.29, 1.82) is 0 Å². The Morgan fingerprint density at radius 3 is 1.82 bits per heavy atom. The van der Waals surface area contributed by atoms with Crippen molar-refractivity contribution in [2.45, 2.75) is 23.5 Å². The monoisotopic (exact) mass is 642 g/mol. The molecule has 10 rings (SSSR count). The number of benzene rings is 5. The molecule has 2 saturated heterocycles. The van der Waals surface area contributed by atoms with Crippen LogP contribution in [-0.2, 0) is 14.4 Å². The molecule has 0 N–H and O–H groups in total. The van der Waals surface area contributed by atoms with Crippen molar-refractivity contribution in [3.05, 3.63) is 166 Å². The zero-order valence-corrected chi connectivity index (χ0v) is 24.8. The minimum Gasteiger partial charge on any atom is -0.273 e. The average molecular weight is 644 g/mol. The average Bonchev–Trinajstić information content (AvgIpc) is 3.49. The number of carbonyl (C=O) groups is 2. The zero-order chi connectivity index (χ0) is 29.8. The van der Waals surface area contributed by atoms with Gasteiger partial charge in [0.2, 0.25) is 11.5 Å². The Morgan fingerprint density at radius 1 is 0.636 bits per heavy atom. The molecule has 0 spiro atoms. The first-order valence-corrected chi connectivity index (χ1v) is 15.4. The smallest absolute Gasteiger partial charge is 0.271 e. The number of para-hydroxylation sites is 1. The summed E-state index contributed by atoms with van der Waals surface area (Å²) in [6.45, 7) is 0. The van der Waals surface area contributed by atoms with E-state index in [1.54, 1.807) is 29.3 Å². The van der Waals surface area contributed by atoms with Crippen molar-refractivity contribution in [3.63, 3.8) is 0 Å². The molecule has 2 aliphatic heterocycles. The second kappa shape index (κ2) is 8.97. The van der Waals surface area contributed by atoms with Crippen molar-refractivity contribution in [2.75, 3.05) is 9.96 Å². The van der Waals surface area contributed by atoms with Gasteiger partial charge in [-0.3, -0.25) is 14.4 Å². The summed E-state index contributed by atoms with van der Waals surface area (Å²) in [5.74, 6) is -2.19. The molecule has 2 amide bonds. The highest BCUT2D eigenvalue weighted by Gasteiger charge is 2.87. The lowest BCUT2D eigenvalue weighted by molar-refractivity contribution is -0.153. The van der Waals surface area contributed by atoms with Crippen molar-refractivity contribution < 1.29 is 18.8 Å². The Balaban J connectivity index is 1.43. The lowest BCUT2D eigenvalue weighted by Crippen LogP contribution is -2.63. The van der Waals surface area contributed by atoms with Crippen molar-refractivity contribution in [1.82, 2.24) is 0 Å². The number of rotatable bonds is 3. The number of amides is 2. The van der Waals surface area contributed by atoms with E-state index >= 15 is 9.59 Å². The summed E-state index contributed by atoms with van der Waals surface area (Å²) in [4.78, 5) is 39.5. The maximum atomic E-state index is 15.6. The summed E-state index contributed by atoms with van der Waals surface area (Å²) in [7, 11) is 0. The first-order valence-electron chi connectivity index (χ1n) is 14.6. The molecule has 3 atom stereocenters. The number of nitrogens with zero attached hydrogens (tertiary/aromatic N) is 2. The molecule has 0 radical (unpaired) electrons. The number of halogens is 2. The quantitative estimate of drug-likeness (QED) is 0.190. The lowest BCUT2D eigenvalue weighted by Gasteiger charge is -2.55. The number of hydrogen-bond donors (Lipinski definition) is 0. The number of anilines is 2. The maximum absolute atomic E-state index is 15.6. The van der Waals surface area contributed by atoms with Gasteiger partial charge in [0, 0.05) is 10.4 Å². The van der Waals surface area contributed by atoms with Gasteiger partial charge in [0.1, 0.15) is 17.3 Å². The molecule has 2 bridgehead atoms. The molecule has 5 aliphatic rings. The molecule has 2 heterocycles. The summed E-state index contributed by atoms with van der Waals surface area (Å²) in [6, 6.07) is 38.5. The summed E-state index contributed by atoms with van der Waals surface area (Å²) in [5.41, 5.74) is 2.82. The van der Waals surface area contributed by atoms with Crippen LogP contribution in [0, 0.1) is 11.2 Å². The van der Waals surface area contributed by atoms with E-state index < -0.39 is 34.8 Å². The third-order valence-electron chi connectivity index (χ3n) is 9.96. The van der Waals surface area contributed by atoms with Crippen LogP contribution in [0.2, 0.25) is 0 Å². The van der Waals surface area contributed by atoms with Crippen LogP contribution in [0.15, 0.2) is 132 Å². The number of imide groups is 1. The Bertz CT molecular complexity index is 1970. The molecule has 44 heavy (non-hydrogen) atoms. The Hall–Kier alpha value is -4.59. The second-order valence-electron chi connectivity index (χ2n) is 11.9. The van der Waals surface area contributed by atoms with Gasteiger partial charge in [-0.25, -0.2) is 14.4 Å². The van der Waals surface area contributed by atoms with Crippen LogP contribution in [0.4, 0.5) is 15.8 Å².